The lowest BCUT2D eigenvalue weighted by Gasteiger charge is -1.93. The summed E-state index contributed by atoms with van der Waals surface area (Å²) in [5.41, 5.74) is 2.39. The van der Waals surface area contributed by atoms with Crippen LogP contribution in [0.3, 0.4) is 0 Å². The SMILES string of the molecule is CCc1cccc2oc(C(=O)[O][Al])nc12. The van der Waals surface area contributed by atoms with Gasteiger partial charge >= 0.3 is 28.5 Å². The van der Waals surface area contributed by atoms with Crippen LogP contribution in [0.15, 0.2) is 22.6 Å². The Hall–Kier alpha value is -1.31. The van der Waals surface area contributed by atoms with Crippen LogP contribution in [0, 0.1) is 0 Å². The maximum Gasteiger partial charge on any atom is 0.485 e. The molecule has 0 aliphatic carbocycles. The highest BCUT2D eigenvalue weighted by Gasteiger charge is 2.14. The number of para-hydroxylation sites is 1. The molecule has 0 bridgehead atoms. The molecule has 0 amide bonds. The molecule has 4 nitrogen and oxygen atoms in total. The smallest absolute Gasteiger partial charge is 0.485 e. The van der Waals surface area contributed by atoms with Crippen molar-refractivity contribution in [3.05, 3.63) is 29.7 Å². The molecule has 0 N–H and O–H groups in total. The first-order valence-electron chi connectivity index (χ1n) is 4.55. The normalized spacial score (nSPS) is 10.5. The van der Waals surface area contributed by atoms with Gasteiger partial charge in [-0.15, -0.1) is 0 Å². The van der Waals surface area contributed by atoms with E-state index in [0.717, 1.165) is 17.5 Å². The van der Waals surface area contributed by atoms with Gasteiger partial charge < -0.3 is 8.21 Å². The molecule has 0 aliphatic heterocycles. The molecule has 0 atom stereocenters. The molecule has 2 rings (SSSR count). The number of carbonyl (C=O) groups excluding carboxylic acids is 1. The number of hydrogen-bond acceptors (Lipinski definition) is 4. The summed E-state index contributed by atoms with van der Waals surface area (Å²) in [6.45, 7) is 2.02. The van der Waals surface area contributed by atoms with Gasteiger partial charge in [0.05, 0.1) is 0 Å². The molecule has 74 valence electrons. The highest BCUT2D eigenvalue weighted by Crippen LogP contribution is 2.20. The fraction of sp³-hybridized carbons (Fsp3) is 0.200. The van der Waals surface area contributed by atoms with Gasteiger partial charge in [0.15, 0.2) is 5.58 Å². The van der Waals surface area contributed by atoms with Gasteiger partial charge in [0.25, 0.3) is 0 Å². The number of nitrogens with zero attached hydrogens (tertiary/aromatic N) is 1. The van der Waals surface area contributed by atoms with Crippen LogP contribution in [-0.2, 0) is 10.2 Å². The Morgan fingerprint density at radius 1 is 1.60 bits per heavy atom. The molecule has 5 heteroatoms. The van der Waals surface area contributed by atoms with Gasteiger partial charge in [-0.2, -0.15) is 0 Å². The van der Waals surface area contributed by atoms with Crippen molar-refractivity contribution >= 4 is 33.7 Å². The van der Waals surface area contributed by atoms with Crippen LogP contribution < -0.4 is 0 Å². The van der Waals surface area contributed by atoms with Crippen molar-refractivity contribution in [2.45, 2.75) is 13.3 Å². The van der Waals surface area contributed by atoms with E-state index in [4.69, 9.17) is 4.42 Å². The lowest BCUT2D eigenvalue weighted by molar-refractivity contribution is 0.0710. The molecular weight excluding hydrogens is 209 g/mol. The summed E-state index contributed by atoms with van der Waals surface area (Å²) in [6, 6.07) is 5.61. The van der Waals surface area contributed by atoms with Gasteiger partial charge in [-0.05, 0) is 18.1 Å². The zero-order chi connectivity index (χ0) is 10.8. The van der Waals surface area contributed by atoms with Gasteiger partial charge in [0.2, 0.25) is 0 Å². The molecule has 0 aliphatic rings. The predicted molar refractivity (Wildman–Crippen MR) is 54.6 cm³/mol. The van der Waals surface area contributed by atoms with Crippen LogP contribution in [0.1, 0.15) is 23.2 Å². The zero-order valence-electron chi connectivity index (χ0n) is 8.19. The van der Waals surface area contributed by atoms with Crippen molar-refractivity contribution in [3.63, 3.8) is 0 Å². The average molecular weight is 217 g/mol. The maximum absolute atomic E-state index is 11.2. The minimum absolute atomic E-state index is 0.0131. The molecule has 1 aromatic heterocycles. The number of rotatable bonds is 2. The molecule has 0 saturated carbocycles. The summed E-state index contributed by atoms with van der Waals surface area (Å²) in [7, 11) is 0. The molecule has 2 aromatic rings. The van der Waals surface area contributed by atoms with Gasteiger partial charge in [-0.25, -0.2) is 9.78 Å². The number of hydrogen-bond donors (Lipinski definition) is 0. The van der Waals surface area contributed by atoms with E-state index in [9.17, 15) is 4.79 Å². The second-order valence-electron chi connectivity index (χ2n) is 3.04. The lowest BCUT2D eigenvalue weighted by Crippen LogP contribution is -2.01. The third-order valence-corrected chi connectivity index (χ3v) is 2.38. The highest BCUT2D eigenvalue weighted by molar-refractivity contribution is 6.08. The summed E-state index contributed by atoms with van der Waals surface area (Å²) in [4.78, 5) is 15.3. The molecule has 0 fully saturated rings. The van der Waals surface area contributed by atoms with E-state index in [0.29, 0.717) is 5.58 Å². The lowest BCUT2D eigenvalue weighted by atomic mass is 10.1. The van der Waals surface area contributed by atoms with Crippen LogP contribution in [0.25, 0.3) is 11.1 Å². The number of fused-ring (bicyclic) bond motifs is 1. The van der Waals surface area contributed by atoms with Crippen molar-refractivity contribution in [1.82, 2.24) is 4.98 Å². The summed E-state index contributed by atoms with van der Waals surface area (Å²) in [5, 5.41) is 0. The summed E-state index contributed by atoms with van der Waals surface area (Å²) in [5.74, 6) is -0.598. The Kier molecular flexibility index (Phi) is 2.76. The second-order valence-corrected chi connectivity index (χ2v) is 3.28. The first-order valence-corrected chi connectivity index (χ1v) is 5.03. The molecular formula is C10H8AlNO3. The molecule has 0 spiro atoms. The molecule has 0 saturated heterocycles. The van der Waals surface area contributed by atoms with Crippen molar-refractivity contribution in [3.8, 4) is 0 Å². The second kappa shape index (κ2) is 4.05. The van der Waals surface area contributed by atoms with E-state index in [-0.39, 0.29) is 5.89 Å². The third kappa shape index (κ3) is 1.76. The van der Waals surface area contributed by atoms with Crippen LogP contribution in [-0.4, -0.2) is 27.6 Å². The number of aromatic nitrogens is 1. The Morgan fingerprint density at radius 3 is 3.07 bits per heavy atom. The largest absolute Gasteiger partial charge is 0.621 e. The van der Waals surface area contributed by atoms with E-state index in [1.165, 1.54) is 0 Å². The average Bonchev–Trinajstić information content (AvgIpc) is 2.71. The van der Waals surface area contributed by atoms with Crippen molar-refractivity contribution < 1.29 is 13.0 Å². The van der Waals surface area contributed by atoms with E-state index >= 15 is 0 Å². The first kappa shape index (κ1) is 10.2. The quantitative estimate of drug-likeness (QED) is 0.717. The van der Waals surface area contributed by atoms with Crippen LogP contribution in [0.5, 0.6) is 0 Å². The minimum atomic E-state index is -0.585. The molecule has 1 aromatic carbocycles. The van der Waals surface area contributed by atoms with E-state index < -0.39 is 5.97 Å². The topological polar surface area (TPSA) is 52.3 Å². The van der Waals surface area contributed by atoms with E-state index in [1.54, 1.807) is 6.07 Å². The number of benzene rings is 1. The fourth-order valence-corrected chi connectivity index (χ4v) is 1.53. The monoisotopic (exact) mass is 217 g/mol. The van der Waals surface area contributed by atoms with Crippen LogP contribution >= 0.6 is 0 Å². The summed E-state index contributed by atoms with van der Waals surface area (Å²) < 4.78 is 9.73. The molecule has 15 heavy (non-hydrogen) atoms. The minimum Gasteiger partial charge on any atom is -0.621 e. The highest BCUT2D eigenvalue weighted by atomic mass is 27.1. The number of carbonyl (C=O) groups is 1. The Bertz CT molecular complexity index is 506. The standard InChI is InChI=1S/C10H9NO3.Al/c1-2-6-4-3-5-7-8(6)11-9(14-7)10(12)13;/h3-5H,2H2,1H3,(H,12,13);/q;+1/p-1. The molecule has 0 unspecified atom stereocenters. The fourth-order valence-electron chi connectivity index (χ4n) is 1.43. The van der Waals surface area contributed by atoms with Gasteiger partial charge in [-0.3, -0.25) is 0 Å². The van der Waals surface area contributed by atoms with Gasteiger partial charge in [0.1, 0.15) is 5.52 Å². The molecule has 2 radical (unpaired) electrons. The number of oxazole rings is 1. The van der Waals surface area contributed by atoms with Crippen LogP contribution in [0.4, 0.5) is 0 Å². The first-order chi connectivity index (χ1) is 7.26. The summed E-state index contributed by atoms with van der Waals surface area (Å²) in [6.07, 6.45) is 0.846. The zero-order valence-corrected chi connectivity index (χ0v) is 9.34. The molecule has 1 heterocycles. The van der Waals surface area contributed by atoms with E-state index in [1.807, 2.05) is 35.7 Å². The Balaban J connectivity index is 2.60. The van der Waals surface area contributed by atoms with E-state index in [2.05, 4.69) is 8.77 Å². The van der Waals surface area contributed by atoms with Crippen molar-refractivity contribution in [1.29, 1.82) is 0 Å². The van der Waals surface area contributed by atoms with Crippen LogP contribution in [0.2, 0.25) is 0 Å². The maximum atomic E-state index is 11.2. The van der Waals surface area contributed by atoms with Gasteiger partial charge in [-0.1, -0.05) is 19.1 Å². The Morgan fingerprint density at radius 2 is 2.40 bits per heavy atom. The van der Waals surface area contributed by atoms with Crippen molar-refractivity contribution in [2.75, 3.05) is 0 Å². The van der Waals surface area contributed by atoms with Gasteiger partial charge in [0, 0.05) is 0 Å². The third-order valence-electron chi connectivity index (χ3n) is 2.17. The predicted octanol–water partition coefficient (Wildman–Crippen LogP) is 1.63. The number of aryl methyl sites for hydroxylation is 1. The summed E-state index contributed by atoms with van der Waals surface area (Å²) >= 11 is 1.88. The van der Waals surface area contributed by atoms with Crippen molar-refractivity contribution in [2.24, 2.45) is 0 Å². The Labute approximate surface area is 95.0 Å².